The maximum atomic E-state index is 12.8. The molecular formula is C19H22FNO2S. The van der Waals surface area contributed by atoms with Gasteiger partial charge in [-0.1, -0.05) is 30.3 Å². The third-order valence-electron chi connectivity index (χ3n) is 3.65. The van der Waals surface area contributed by atoms with Gasteiger partial charge in [-0.05, 0) is 49.6 Å². The van der Waals surface area contributed by atoms with Gasteiger partial charge in [-0.15, -0.1) is 11.8 Å². The van der Waals surface area contributed by atoms with Crippen LogP contribution in [0.4, 0.5) is 4.39 Å². The van der Waals surface area contributed by atoms with Crippen LogP contribution in [0.25, 0.3) is 0 Å². The first-order valence-corrected chi connectivity index (χ1v) is 8.84. The molecule has 5 heteroatoms. The number of aryl methyl sites for hydroxylation is 1. The molecule has 1 atom stereocenters. The molecule has 128 valence electrons. The fourth-order valence-electron chi connectivity index (χ4n) is 2.17. The summed E-state index contributed by atoms with van der Waals surface area (Å²) >= 11 is 1.34. The summed E-state index contributed by atoms with van der Waals surface area (Å²) in [6.45, 7) is 1.94. The standard InChI is InChI=1S/C19H22FNO2S/c1-19(23,12-11-15-5-3-2-4-6-15)14-21-18(22)13-24-17-9-7-16(20)8-10-17/h2-10,23H,11-14H2,1H3,(H,21,22)/t19-/m1/s1. The zero-order valence-corrected chi connectivity index (χ0v) is 14.5. The summed E-state index contributed by atoms with van der Waals surface area (Å²) in [5.74, 6) is -0.206. The second-order valence-corrected chi connectivity index (χ2v) is 7.05. The molecule has 2 aromatic rings. The number of rotatable bonds is 8. The van der Waals surface area contributed by atoms with E-state index < -0.39 is 5.60 Å². The van der Waals surface area contributed by atoms with E-state index >= 15 is 0 Å². The molecule has 2 rings (SSSR count). The molecule has 0 saturated heterocycles. The van der Waals surface area contributed by atoms with E-state index in [2.05, 4.69) is 5.32 Å². The van der Waals surface area contributed by atoms with E-state index in [1.165, 1.54) is 23.9 Å². The first kappa shape index (κ1) is 18.5. The van der Waals surface area contributed by atoms with E-state index in [0.717, 1.165) is 16.9 Å². The van der Waals surface area contributed by atoms with Crippen molar-refractivity contribution in [3.63, 3.8) is 0 Å². The first-order valence-electron chi connectivity index (χ1n) is 7.86. The van der Waals surface area contributed by atoms with Gasteiger partial charge in [-0.2, -0.15) is 0 Å². The van der Waals surface area contributed by atoms with Gasteiger partial charge in [0.2, 0.25) is 5.91 Å². The lowest BCUT2D eigenvalue weighted by Gasteiger charge is -2.23. The lowest BCUT2D eigenvalue weighted by Crippen LogP contribution is -2.41. The van der Waals surface area contributed by atoms with Crippen LogP contribution in [-0.2, 0) is 11.2 Å². The Morgan fingerprint density at radius 2 is 1.83 bits per heavy atom. The van der Waals surface area contributed by atoms with Gasteiger partial charge in [0.15, 0.2) is 0 Å². The molecule has 0 aliphatic heterocycles. The van der Waals surface area contributed by atoms with Crippen molar-refractivity contribution in [2.24, 2.45) is 0 Å². The fraction of sp³-hybridized carbons (Fsp3) is 0.316. The summed E-state index contributed by atoms with van der Waals surface area (Å²) in [5.41, 5.74) is 0.211. The molecule has 3 nitrogen and oxygen atoms in total. The minimum atomic E-state index is -0.952. The molecule has 0 saturated carbocycles. The molecule has 0 aliphatic rings. The topological polar surface area (TPSA) is 49.3 Å². The van der Waals surface area contributed by atoms with Gasteiger partial charge in [0.25, 0.3) is 0 Å². The Balaban J connectivity index is 1.70. The van der Waals surface area contributed by atoms with E-state index in [-0.39, 0.29) is 24.0 Å². The molecular weight excluding hydrogens is 325 g/mol. The number of thioether (sulfide) groups is 1. The number of nitrogens with one attached hydrogen (secondary N) is 1. The number of carbonyl (C=O) groups excluding carboxylic acids is 1. The smallest absolute Gasteiger partial charge is 0.230 e. The van der Waals surface area contributed by atoms with E-state index in [1.807, 2.05) is 30.3 Å². The summed E-state index contributed by atoms with van der Waals surface area (Å²) in [4.78, 5) is 12.7. The molecule has 0 heterocycles. The number of hydrogen-bond acceptors (Lipinski definition) is 3. The highest BCUT2D eigenvalue weighted by Crippen LogP contribution is 2.18. The summed E-state index contributed by atoms with van der Waals surface area (Å²) < 4.78 is 12.8. The van der Waals surface area contributed by atoms with Crippen LogP contribution in [0.5, 0.6) is 0 Å². The van der Waals surface area contributed by atoms with Crippen molar-refractivity contribution in [2.45, 2.75) is 30.3 Å². The third-order valence-corrected chi connectivity index (χ3v) is 4.66. The van der Waals surface area contributed by atoms with Crippen molar-refractivity contribution in [3.05, 3.63) is 66.0 Å². The van der Waals surface area contributed by atoms with Crippen molar-refractivity contribution in [2.75, 3.05) is 12.3 Å². The highest BCUT2D eigenvalue weighted by molar-refractivity contribution is 8.00. The number of halogens is 1. The van der Waals surface area contributed by atoms with Crippen molar-refractivity contribution >= 4 is 17.7 Å². The molecule has 0 aliphatic carbocycles. The van der Waals surface area contributed by atoms with Gasteiger partial charge >= 0.3 is 0 Å². The number of hydrogen-bond donors (Lipinski definition) is 2. The van der Waals surface area contributed by atoms with Crippen LogP contribution in [0.3, 0.4) is 0 Å². The Hall–Kier alpha value is -1.85. The van der Waals surface area contributed by atoms with Crippen LogP contribution in [-0.4, -0.2) is 28.9 Å². The Morgan fingerprint density at radius 1 is 1.17 bits per heavy atom. The Labute approximate surface area is 146 Å². The minimum Gasteiger partial charge on any atom is -0.388 e. The molecule has 1 amide bonds. The Morgan fingerprint density at radius 3 is 2.50 bits per heavy atom. The predicted octanol–water partition coefficient (Wildman–Crippen LogP) is 3.42. The fourth-order valence-corrected chi connectivity index (χ4v) is 2.89. The molecule has 2 aromatic carbocycles. The van der Waals surface area contributed by atoms with Crippen LogP contribution in [0.15, 0.2) is 59.5 Å². The second kappa shape index (κ2) is 8.85. The van der Waals surface area contributed by atoms with Crippen LogP contribution < -0.4 is 5.32 Å². The Kier molecular flexibility index (Phi) is 6.82. The van der Waals surface area contributed by atoms with Gasteiger partial charge in [0.05, 0.1) is 11.4 Å². The van der Waals surface area contributed by atoms with E-state index in [0.29, 0.717) is 6.42 Å². The zero-order valence-electron chi connectivity index (χ0n) is 13.7. The average molecular weight is 347 g/mol. The van der Waals surface area contributed by atoms with Crippen LogP contribution in [0.2, 0.25) is 0 Å². The maximum absolute atomic E-state index is 12.8. The Bertz CT molecular complexity index is 644. The summed E-state index contributed by atoms with van der Waals surface area (Å²) in [7, 11) is 0. The molecule has 24 heavy (non-hydrogen) atoms. The largest absolute Gasteiger partial charge is 0.388 e. The van der Waals surface area contributed by atoms with E-state index in [1.54, 1.807) is 19.1 Å². The SMILES string of the molecule is C[C@@](O)(CCc1ccccc1)CNC(=O)CSc1ccc(F)cc1. The van der Waals surface area contributed by atoms with Crippen LogP contribution in [0, 0.1) is 5.82 Å². The average Bonchev–Trinajstić information content (AvgIpc) is 2.59. The van der Waals surface area contributed by atoms with Gasteiger partial charge in [0.1, 0.15) is 5.82 Å². The van der Waals surface area contributed by atoms with Crippen molar-refractivity contribution in [1.29, 1.82) is 0 Å². The molecule has 2 N–H and O–H groups in total. The van der Waals surface area contributed by atoms with Crippen LogP contribution >= 0.6 is 11.8 Å². The predicted molar refractivity (Wildman–Crippen MR) is 95.5 cm³/mol. The summed E-state index contributed by atoms with van der Waals surface area (Å²) in [6.07, 6.45) is 1.33. The quantitative estimate of drug-likeness (QED) is 0.720. The van der Waals surface area contributed by atoms with Gasteiger partial charge in [-0.3, -0.25) is 4.79 Å². The van der Waals surface area contributed by atoms with E-state index in [9.17, 15) is 14.3 Å². The number of amides is 1. The number of aliphatic hydroxyl groups is 1. The van der Waals surface area contributed by atoms with E-state index in [4.69, 9.17) is 0 Å². The molecule has 0 aromatic heterocycles. The number of carbonyl (C=O) groups is 1. The zero-order chi connectivity index (χ0) is 17.4. The van der Waals surface area contributed by atoms with Gasteiger partial charge in [0, 0.05) is 11.4 Å². The van der Waals surface area contributed by atoms with Crippen molar-refractivity contribution in [3.8, 4) is 0 Å². The normalized spacial score (nSPS) is 13.3. The van der Waals surface area contributed by atoms with Gasteiger partial charge in [-0.25, -0.2) is 4.39 Å². The summed E-state index contributed by atoms with van der Waals surface area (Å²) in [5, 5.41) is 13.1. The lowest BCUT2D eigenvalue weighted by atomic mass is 9.97. The lowest BCUT2D eigenvalue weighted by molar-refractivity contribution is -0.119. The minimum absolute atomic E-state index is 0.149. The monoisotopic (exact) mass is 347 g/mol. The van der Waals surface area contributed by atoms with Crippen molar-refractivity contribution < 1.29 is 14.3 Å². The highest BCUT2D eigenvalue weighted by atomic mass is 32.2. The van der Waals surface area contributed by atoms with Gasteiger partial charge < -0.3 is 10.4 Å². The highest BCUT2D eigenvalue weighted by Gasteiger charge is 2.21. The molecule has 0 bridgehead atoms. The third kappa shape index (κ3) is 6.72. The van der Waals surface area contributed by atoms with Crippen molar-refractivity contribution in [1.82, 2.24) is 5.32 Å². The first-order chi connectivity index (χ1) is 11.4. The summed E-state index contributed by atoms with van der Waals surface area (Å²) in [6, 6.07) is 16.0. The maximum Gasteiger partial charge on any atom is 0.230 e. The second-order valence-electron chi connectivity index (χ2n) is 6.00. The van der Waals surface area contributed by atoms with Crippen LogP contribution in [0.1, 0.15) is 18.9 Å². The molecule has 0 unspecified atom stereocenters. The molecule has 0 radical (unpaired) electrons. The molecule has 0 spiro atoms. The molecule has 0 fully saturated rings. The number of benzene rings is 2.